The molecule has 90 valence electrons. The third-order valence-electron chi connectivity index (χ3n) is 2.59. The summed E-state index contributed by atoms with van der Waals surface area (Å²) in [5.74, 6) is 0.484. The Morgan fingerprint density at radius 2 is 2.24 bits per heavy atom. The predicted octanol–water partition coefficient (Wildman–Crippen LogP) is 4.94. The van der Waals surface area contributed by atoms with Crippen molar-refractivity contribution in [1.82, 2.24) is 4.98 Å². The lowest BCUT2D eigenvalue weighted by Crippen LogP contribution is -2.04. The number of aryl methyl sites for hydroxylation is 1. The first-order chi connectivity index (χ1) is 8.19. The molecule has 0 aliphatic rings. The van der Waals surface area contributed by atoms with Crippen LogP contribution in [-0.2, 0) is 6.42 Å². The fraction of sp³-hybridized carbons (Fsp3) is 0.308. The van der Waals surface area contributed by atoms with E-state index in [0.717, 1.165) is 21.9 Å². The molecule has 1 unspecified atom stereocenters. The van der Waals surface area contributed by atoms with Crippen LogP contribution in [-0.4, -0.2) is 10.3 Å². The Kier molecular flexibility index (Phi) is 4.77. The molecule has 1 aromatic heterocycles. The average Bonchev–Trinajstić information content (AvgIpc) is 2.72. The molecule has 0 amide bonds. The van der Waals surface area contributed by atoms with Crippen molar-refractivity contribution in [2.75, 3.05) is 5.33 Å². The van der Waals surface area contributed by atoms with E-state index in [-0.39, 0.29) is 0 Å². The van der Waals surface area contributed by atoms with Gasteiger partial charge >= 0.3 is 0 Å². The smallest absolute Gasteiger partial charge is 0.0934 e. The first-order valence-electron chi connectivity index (χ1n) is 5.41. The van der Waals surface area contributed by atoms with E-state index in [1.54, 1.807) is 11.3 Å². The molecule has 2 aromatic rings. The zero-order chi connectivity index (χ0) is 12.3. The summed E-state index contributed by atoms with van der Waals surface area (Å²) in [5, 5.41) is 4.29. The van der Waals surface area contributed by atoms with E-state index < -0.39 is 0 Å². The molecule has 0 aliphatic heterocycles. The Morgan fingerprint density at radius 3 is 2.82 bits per heavy atom. The molecular formula is C13H13Br2NS. The number of alkyl halides is 1. The summed E-state index contributed by atoms with van der Waals surface area (Å²) in [4.78, 5) is 4.53. The zero-order valence-corrected chi connectivity index (χ0v) is 13.5. The number of aromatic nitrogens is 1. The largest absolute Gasteiger partial charge is 0.247 e. The molecule has 0 saturated heterocycles. The van der Waals surface area contributed by atoms with Crippen LogP contribution >= 0.6 is 43.2 Å². The van der Waals surface area contributed by atoms with Gasteiger partial charge in [0, 0.05) is 27.3 Å². The number of hydrogen-bond acceptors (Lipinski definition) is 2. The topological polar surface area (TPSA) is 12.9 Å². The molecule has 0 fully saturated rings. The highest BCUT2D eigenvalue weighted by atomic mass is 79.9. The normalized spacial score (nSPS) is 12.6. The second-order valence-electron chi connectivity index (χ2n) is 3.99. The van der Waals surface area contributed by atoms with Crippen LogP contribution in [0.1, 0.15) is 22.2 Å². The lowest BCUT2D eigenvalue weighted by atomic mass is 9.98. The molecule has 1 aromatic carbocycles. The van der Waals surface area contributed by atoms with Crippen LogP contribution < -0.4 is 0 Å². The molecule has 1 atom stereocenters. The minimum Gasteiger partial charge on any atom is -0.247 e. The number of rotatable bonds is 4. The van der Waals surface area contributed by atoms with Crippen LogP contribution in [0.15, 0.2) is 34.1 Å². The van der Waals surface area contributed by atoms with Gasteiger partial charge < -0.3 is 0 Å². The third-order valence-corrected chi connectivity index (χ3v) is 4.86. The summed E-state index contributed by atoms with van der Waals surface area (Å²) in [6.45, 7) is 2.04. The molecule has 17 heavy (non-hydrogen) atoms. The molecule has 4 heteroatoms. The minimum atomic E-state index is 0.484. The van der Waals surface area contributed by atoms with Gasteiger partial charge in [-0.1, -0.05) is 44.0 Å². The lowest BCUT2D eigenvalue weighted by Gasteiger charge is -2.13. The van der Waals surface area contributed by atoms with E-state index in [9.17, 15) is 0 Å². The standard InChI is InChI=1S/C13H13Br2NS/c1-9-8-17-13(16-9)6-11(7-14)10-3-2-4-12(15)5-10/h2-5,8,11H,6-7H2,1H3. The van der Waals surface area contributed by atoms with Gasteiger partial charge in [-0.3, -0.25) is 0 Å². The quantitative estimate of drug-likeness (QED) is 0.691. The SMILES string of the molecule is Cc1csc(CC(CBr)c2cccc(Br)c2)n1. The van der Waals surface area contributed by atoms with Gasteiger partial charge in [-0.2, -0.15) is 0 Å². The molecule has 0 radical (unpaired) electrons. The number of nitrogens with zero attached hydrogens (tertiary/aromatic N) is 1. The summed E-state index contributed by atoms with van der Waals surface area (Å²) in [6.07, 6.45) is 1.00. The highest BCUT2D eigenvalue weighted by molar-refractivity contribution is 9.10. The molecule has 2 rings (SSSR count). The van der Waals surface area contributed by atoms with Gasteiger partial charge in [-0.05, 0) is 30.5 Å². The van der Waals surface area contributed by atoms with Gasteiger partial charge in [0.15, 0.2) is 0 Å². The Bertz CT molecular complexity index is 496. The van der Waals surface area contributed by atoms with E-state index in [0.29, 0.717) is 5.92 Å². The highest BCUT2D eigenvalue weighted by Crippen LogP contribution is 2.26. The van der Waals surface area contributed by atoms with Crippen molar-refractivity contribution in [3.8, 4) is 0 Å². The Hall–Kier alpha value is -0.190. The molecular weight excluding hydrogens is 362 g/mol. The highest BCUT2D eigenvalue weighted by Gasteiger charge is 2.13. The fourth-order valence-electron chi connectivity index (χ4n) is 1.73. The molecule has 0 spiro atoms. The van der Waals surface area contributed by atoms with Gasteiger partial charge in [0.2, 0.25) is 0 Å². The van der Waals surface area contributed by atoms with Crippen molar-refractivity contribution in [2.24, 2.45) is 0 Å². The van der Waals surface area contributed by atoms with Gasteiger partial charge in [0.1, 0.15) is 0 Å². The van der Waals surface area contributed by atoms with E-state index in [1.165, 1.54) is 10.6 Å². The number of hydrogen-bond donors (Lipinski definition) is 0. The average molecular weight is 375 g/mol. The third kappa shape index (κ3) is 3.63. The van der Waals surface area contributed by atoms with E-state index in [1.807, 2.05) is 6.92 Å². The Labute approximate surface area is 123 Å². The van der Waals surface area contributed by atoms with Crippen molar-refractivity contribution in [3.05, 3.63) is 50.4 Å². The summed E-state index contributed by atoms with van der Waals surface area (Å²) in [5.41, 5.74) is 2.47. The van der Waals surface area contributed by atoms with Gasteiger partial charge in [0.05, 0.1) is 5.01 Å². The molecule has 0 N–H and O–H groups in total. The van der Waals surface area contributed by atoms with Crippen molar-refractivity contribution in [2.45, 2.75) is 19.3 Å². The van der Waals surface area contributed by atoms with Crippen LogP contribution in [0.25, 0.3) is 0 Å². The van der Waals surface area contributed by atoms with Crippen molar-refractivity contribution in [1.29, 1.82) is 0 Å². The van der Waals surface area contributed by atoms with Crippen LogP contribution in [0, 0.1) is 6.92 Å². The van der Waals surface area contributed by atoms with E-state index >= 15 is 0 Å². The molecule has 1 nitrogen and oxygen atoms in total. The zero-order valence-electron chi connectivity index (χ0n) is 9.49. The summed E-state index contributed by atoms with van der Waals surface area (Å²) in [6, 6.07) is 8.51. The monoisotopic (exact) mass is 373 g/mol. The molecule has 0 bridgehead atoms. The van der Waals surface area contributed by atoms with Crippen LogP contribution in [0.5, 0.6) is 0 Å². The second kappa shape index (κ2) is 6.12. The minimum absolute atomic E-state index is 0.484. The maximum Gasteiger partial charge on any atom is 0.0934 e. The Morgan fingerprint density at radius 1 is 1.41 bits per heavy atom. The number of benzene rings is 1. The van der Waals surface area contributed by atoms with Gasteiger partial charge in [-0.15, -0.1) is 11.3 Å². The van der Waals surface area contributed by atoms with Crippen LogP contribution in [0.4, 0.5) is 0 Å². The molecule has 0 aliphatic carbocycles. The van der Waals surface area contributed by atoms with E-state index in [2.05, 4.69) is 66.5 Å². The van der Waals surface area contributed by atoms with E-state index in [4.69, 9.17) is 0 Å². The summed E-state index contributed by atoms with van der Waals surface area (Å²) < 4.78 is 1.14. The Balaban J connectivity index is 2.16. The van der Waals surface area contributed by atoms with Crippen LogP contribution in [0.3, 0.4) is 0 Å². The maximum atomic E-state index is 4.53. The molecule has 1 heterocycles. The van der Waals surface area contributed by atoms with Gasteiger partial charge in [-0.25, -0.2) is 4.98 Å². The summed E-state index contributed by atoms with van der Waals surface area (Å²) in [7, 11) is 0. The first-order valence-corrected chi connectivity index (χ1v) is 8.21. The fourth-order valence-corrected chi connectivity index (χ4v) is 3.60. The van der Waals surface area contributed by atoms with Crippen molar-refractivity contribution in [3.63, 3.8) is 0 Å². The second-order valence-corrected chi connectivity index (χ2v) is 6.50. The lowest BCUT2D eigenvalue weighted by molar-refractivity contribution is 0.767. The maximum absolute atomic E-state index is 4.53. The first kappa shape index (κ1) is 13.2. The number of halogens is 2. The summed E-state index contributed by atoms with van der Waals surface area (Å²) >= 11 is 8.87. The van der Waals surface area contributed by atoms with Gasteiger partial charge in [0.25, 0.3) is 0 Å². The van der Waals surface area contributed by atoms with Crippen LogP contribution in [0.2, 0.25) is 0 Å². The predicted molar refractivity (Wildman–Crippen MR) is 81.2 cm³/mol. The molecule has 0 saturated carbocycles. The number of thiazole rings is 1. The van der Waals surface area contributed by atoms with Crippen molar-refractivity contribution < 1.29 is 0 Å². The van der Waals surface area contributed by atoms with Crippen molar-refractivity contribution >= 4 is 43.2 Å².